The first-order chi connectivity index (χ1) is 9.33. The van der Waals surface area contributed by atoms with Crippen LogP contribution in [0.5, 0.6) is 11.5 Å². The summed E-state index contributed by atoms with van der Waals surface area (Å²) in [7, 11) is 0. The van der Waals surface area contributed by atoms with Crippen LogP contribution in [0.4, 0.5) is 0 Å². The molecule has 0 aliphatic carbocycles. The Labute approximate surface area is 117 Å². The van der Waals surface area contributed by atoms with Crippen molar-refractivity contribution in [2.24, 2.45) is 0 Å². The van der Waals surface area contributed by atoms with Crippen molar-refractivity contribution < 1.29 is 4.74 Å². The summed E-state index contributed by atoms with van der Waals surface area (Å²) < 4.78 is 7.51. The van der Waals surface area contributed by atoms with Gasteiger partial charge in [-0.05, 0) is 31.5 Å². The van der Waals surface area contributed by atoms with Crippen molar-refractivity contribution in [3.63, 3.8) is 0 Å². The molecule has 1 N–H and O–H groups in total. The first-order valence-corrected chi connectivity index (χ1v) is 6.88. The van der Waals surface area contributed by atoms with Gasteiger partial charge in [0.15, 0.2) is 10.9 Å². The third-order valence-corrected chi connectivity index (χ3v) is 3.65. The van der Waals surface area contributed by atoms with Gasteiger partial charge in [-0.3, -0.25) is 0 Å². The highest BCUT2D eigenvalue weighted by atomic mass is 35.5. The Kier molecular flexibility index (Phi) is 3.71. The predicted octanol–water partition coefficient (Wildman–Crippen LogP) is 3.08. The summed E-state index contributed by atoms with van der Waals surface area (Å²) in [4.78, 5) is 0. The van der Waals surface area contributed by atoms with Gasteiger partial charge in [0.05, 0.1) is 12.7 Å². The van der Waals surface area contributed by atoms with Crippen molar-refractivity contribution >= 4 is 11.6 Å². The van der Waals surface area contributed by atoms with E-state index in [1.54, 1.807) is 10.9 Å². The van der Waals surface area contributed by atoms with E-state index in [-0.39, 0.29) is 0 Å². The maximum Gasteiger partial charge on any atom is 0.184 e. The van der Waals surface area contributed by atoms with Crippen LogP contribution in [-0.4, -0.2) is 22.4 Å². The summed E-state index contributed by atoms with van der Waals surface area (Å²) in [6.45, 7) is 1.87. The highest BCUT2D eigenvalue weighted by Gasteiger charge is 2.18. The third kappa shape index (κ3) is 2.91. The molecular weight excluding hydrogens is 262 g/mol. The van der Waals surface area contributed by atoms with Crippen LogP contribution in [0.1, 0.15) is 12.8 Å². The van der Waals surface area contributed by atoms with E-state index in [1.807, 2.05) is 30.3 Å². The van der Waals surface area contributed by atoms with Gasteiger partial charge in [0, 0.05) is 6.04 Å². The zero-order chi connectivity index (χ0) is 13.1. The maximum absolute atomic E-state index is 6.30. The third-order valence-electron chi connectivity index (χ3n) is 3.27. The summed E-state index contributed by atoms with van der Waals surface area (Å²) in [5.74, 6) is 1.37. The minimum absolute atomic E-state index is 0.460. The molecule has 1 aromatic heterocycles. The molecule has 0 radical (unpaired) electrons. The number of nitrogens with one attached hydrogen (secondary N) is 1. The number of ether oxygens (including phenoxy) is 1. The van der Waals surface area contributed by atoms with Crippen molar-refractivity contribution in [2.75, 3.05) is 6.54 Å². The first kappa shape index (κ1) is 12.5. The van der Waals surface area contributed by atoms with Gasteiger partial charge >= 0.3 is 0 Å². The molecule has 2 heterocycles. The summed E-state index contributed by atoms with van der Waals surface area (Å²) in [5, 5.41) is 8.28. The van der Waals surface area contributed by atoms with E-state index in [2.05, 4.69) is 10.4 Å². The first-order valence-electron chi connectivity index (χ1n) is 6.50. The summed E-state index contributed by atoms with van der Waals surface area (Å²) >= 11 is 6.30. The van der Waals surface area contributed by atoms with Gasteiger partial charge < -0.3 is 10.1 Å². The van der Waals surface area contributed by atoms with E-state index in [0.29, 0.717) is 16.9 Å². The standard InChI is InChI=1S/C14H16ClN3O/c15-14-13(19-12-6-2-1-3-7-12)9-17-18(14)10-11-5-4-8-16-11/h1-3,6-7,9,11,16H,4-5,8,10H2. The van der Waals surface area contributed by atoms with E-state index < -0.39 is 0 Å². The number of nitrogens with zero attached hydrogens (tertiary/aromatic N) is 2. The lowest BCUT2D eigenvalue weighted by Gasteiger charge is -2.11. The lowest BCUT2D eigenvalue weighted by molar-refractivity contribution is 0.465. The molecule has 0 spiro atoms. The number of hydrogen-bond acceptors (Lipinski definition) is 3. The van der Waals surface area contributed by atoms with Crippen LogP contribution in [0.3, 0.4) is 0 Å². The summed E-state index contributed by atoms with van der Waals surface area (Å²) in [5.41, 5.74) is 0. The fraction of sp³-hybridized carbons (Fsp3) is 0.357. The molecule has 0 bridgehead atoms. The molecule has 1 aliphatic rings. The molecule has 1 aliphatic heterocycles. The molecule has 1 unspecified atom stereocenters. The molecule has 1 aromatic carbocycles. The Morgan fingerprint density at radius 2 is 2.21 bits per heavy atom. The lowest BCUT2D eigenvalue weighted by Crippen LogP contribution is -2.27. The molecule has 1 fully saturated rings. The Hall–Kier alpha value is -1.52. The largest absolute Gasteiger partial charge is 0.452 e. The van der Waals surface area contributed by atoms with Gasteiger partial charge in [-0.1, -0.05) is 29.8 Å². The Morgan fingerprint density at radius 1 is 1.37 bits per heavy atom. The van der Waals surface area contributed by atoms with E-state index in [4.69, 9.17) is 16.3 Å². The number of para-hydroxylation sites is 1. The van der Waals surface area contributed by atoms with Gasteiger partial charge in [0.2, 0.25) is 0 Å². The zero-order valence-electron chi connectivity index (χ0n) is 10.6. The van der Waals surface area contributed by atoms with Crippen molar-refractivity contribution in [2.45, 2.75) is 25.4 Å². The van der Waals surface area contributed by atoms with Crippen LogP contribution >= 0.6 is 11.6 Å². The molecule has 0 amide bonds. The van der Waals surface area contributed by atoms with Gasteiger partial charge in [-0.2, -0.15) is 5.10 Å². The molecule has 3 rings (SSSR count). The molecule has 0 saturated carbocycles. The normalized spacial score (nSPS) is 18.7. The minimum atomic E-state index is 0.460. The van der Waals surface area contributed by atoms with Gasteiger partial charge in [0.1, 0.15) is 5.75 Å². The Balaban J connectivity index is 1.71. The molecule has 1 saturated heterocycles. The van der Waals surface area contributed by atoms with E-state index in [0.717, 1.165) is 18.8 Å². The summed E-state index contributed by atoms with van der Waals surface area (Å²) in [6, 6.07) is 10.1. The second-order valence-corrected chi connectivity index (χ2v) is 5.05. The molecule has 4 nitrogen and oxygen atoms in total. The molecule has 1 atom stereocenters. The fourth-order valence-electron chi connectivity index (χ4n) is 2.29. The predicted molar refractivity (Wildman–Crippen MR) is 74.8 cm³/mol. The Bertz CT molecular complexity index is 535. The van der Waals surface area contributed by atoms with Crippen molar-refractivity contribution in [1.82, 2.24) is 15.1 Å². The van der Waals surface area contributed by atoms with Gasteiger partial charge in [0.25, 0.3) is 0 Å². The van der Waals surface area contributed by atoms with Crippen LogP contribution in [-0.2, 0) is 6.54 Å². The molecule has 5 heteroatoms. The lowest BCUT2D eigenvalue weighted by atomic mass is 10.2. The van der Waals surface area contributed by atoms with E-state index >= 15 is 0 Å². The smallest absolute Gasteiger partial charge is 0.184 e. The second-order valence-electron chi connectivity index (χ2n) is 4.69. The fourth-order valence-corrected chi connectivity index (χ4v) is 2.49. The van der Waals surface area contributed by atoms with Crippen molar-refractivity contribution in [3.05, 3.63) is 41.7 Å². The quantitative estimate of drug-likeness (QED) is 0.933. The van der Waals surface area contributed by atoms with Crippen LogP contribution < -0.4 is 10.1 Å². The Morgan fingerprint density at radius 3 is 2.95 bits per heavy atom. The topological polar surface area (TPSA) is 39.1 Å². The van der Waals surface area contributed by atoms with E-state index in [9.17, 15) is 0 Å². The highest BCUT2D eigenvalue weighted by Crippen LogP contribution is 2.29. The molecule has 19 heavy (non-hydrogen) atoms. The minimum Gasteiger partial charge on any atom is -0.452 e. The number of aromatic nitrogens is 2. The maximum atomic E-state index is 6.30. The van der Waals surface area contributed by atoms with Crippen molar-refractivity contribution in [1.29, 1.82) is 0 Å². The second kappa shape index (κ2) is 5.63. The number of hydrogen-bond donors (Lipinski definition) is 1. The van der Waals surface area contributed by atoms with Gasteiger partial charge in [-0.25, -0.2) is 4.68 Å². The zero-order valence-corrected chi connectivity index (χ0v) is 11.3. The molecule has 2 aromatic rings. The van der Waals surface area contributed by atoms with Gasteiger partial charge in [-0.15, -0.1) is 0 Å². The monoisotopic (exact) mass is 277 g/mol. The molecule has 100 valence electrons. The average Bonchev–Trinajstić information content (AvgIpc) is 3.05. The van der Waals surface area contributed by atoms with Crippen molar-refractivity contribution in [3.8, 4) is 11.5 Å². The van der Waals surface area contributed by atoms with Crippen LogP contribution in [0.25, 0.3) is 0 Å². The van der Waals surface area contributed by atoms with Crippen LogP contribution in [0.2, 0.25) is 5.15 Å². The number of benzene rings is 1. The number of rotatable bonds is 4. The number of halogens is 1. The molecular formula is C14H16ClN3O. The van der Waals surface area contributed by atoms with Crippen LogP contribution in [0.15, 0.2) is 36.5 Å². The summed E-state index contributed by atoms with van der Waals surface area (Å²) in [6.07, 6.45) is 4.06. The van der Waals surface area contributed by atoms with Crippen LogP contribution in [0, 0.1) is 0 Å². The van der Waals surface area contributed by atoms with E-state index in [1.165, 1.54) is 12.8 Å². The highest BCUT2D eigenvalue weighted by molar-refractivity contribution is 6.31. The average molecular weight is 278 g/mol. The SMILES string of the molecule is Clc1c(Oc2ccccc2)cnn1CC1CCCN1.